The van der Waals surface area contributed by atoms with Gasteiger partial charge in [-0.05, 0) is 42.0 Å². The number of para-hydroxylation sites is 1. The molecule has 1 aromatic heterocycles. The molecule has 1 N–H and O–H groups in total. The largest absolute Gasteiger partial charge is 0.484 e. The highest BCUT2D eigenvalue weighted by atomic mass is 16.5. The van der Waals surface area contributed by atoms with Crippen LogP contribution in [0.2, 0.25) is 0 Å². The van der Waals surface area contributed by atoms with Crippen molar-refractivity contribution in [3.05, 3.63) is 95.8 Å². The maximum absolute atomic E-state index is 13.1. The van der Waals surface area contributed by atoms with Crippen molar-refractivity contribution in [1.82, 2.24) is 14.8 Å². The van der Waals surface area contributed by atoms with E-state index < -0.39 is 6.10 Å². The molecular weight excluding hydrogens is 438 g/mol. The number of carbonyl (C=O) groups excluding carboxylic acids is 1. The third-order valence-corrected chi connectivity index (χ3v) is 7.24. The topological polar surface area (TPSA) is 65.9 Å². The molecule has 0 unspecified atom stereocenters. The minimum atomic E-state index is -0.520. The normalized spacial score (nSPS) is 19.9. The number of aliphatic hydroxyl groups is 1. The van der Waals surface area contributed by atoms with Gasteiger partial charge in [-0.1, -0.05) is 54.6 Å². The highest BCUT2D eigenvalue weighted by molar-refractivity contribution is 5.76. The lowest BCUT2D eigenvalue weighted by molar-refractivity contribution is -0.133. The fraction of sp³-hybridized carbons (Fsp3) is 0.379. The van der Waals surface area contributed by atoms with E-state index in [0.717, 1.165) is 48.4 Å². The Kier molecular flexibility index (Phi) is 7.40. The molecular formula is C29H33N3O3. The Hall–Kier alpha value is -3.22. The van der Waals surface area contributed by atoms with E-state index in [9.17, 15) is 9.90 Å². The van der Waals surface area contributed by atoms with Gasteiger partial charge < -0.3 is 14.7 Å². The summed E-state index contributed by atoms with van der Waals surface area (Å²) in [5.74, 6) is 1.27. The Morgan fingerprint density at radius 1 is 1.03 bits per heavy atom. The van der Waals surface area contributed by atoms with Crippen LogP contribution in [0.5, 0.6) is 5.75 Å². The average Bonchev–Trinajstić information content (AvgIpc) is 3.12. The number of carbonyl (C=O) groups is 1. The number of ether oxygens (including phenoxy) is 1. The van der Waals surface area contributed by atoms with Crippen molar-refractivity contribution < 1.29 is 14.6 Å². The van der Waals surface area contributed by atoms with Crippen LogP contribution in [0.3, 0.4) is 0 Å². The highest BCUT2D eigenvalue weighted by Gasteiger charge is 2.29. The van der Waals surface area contributed by atoms with Gasteiger partial charge in [0.25, 0.3) is 0 Å². The van der Waals surface area contributed by atoms with Gasteiger partial charge in [0.15, 0.2) is 0 Å². The van der Waals surface area contributed by atoms with Gasteiger partial charge in [-0.2, -0.15) is 0 Å². The van der Waals surface area contributed by atoms with Gasteiger partial charge in [0.2, 0.25) is 5.91 Å². The molecule has 6 nitrogen and oxygen atoms in total. The molecule has 2 atom stereocenters. The first-order valence-corrected chi connectivity index (χ1v) is 12.5. The van der Waals surface area contributed by atoms with E-state index >= 15 is 0 Å². The second-order valence-electron chi connectivity index (χ2n) is 9.56. The lowest BCUT2D eigenvalue weighted by Gasteiger charge is -2.34. The van der Waals surface area contributed by atoms with Crippen LogP contribution in [0.4, 0.5) is 0 Å². The summed E-state index contributed by atoms with van der Waals surface area (Å²) in [6.07, 6.45) is 4.96. The SMILES string of the molecule is O=C(CCN1Cc2ccccc2O[C@H](c2ccccc2)C1)N1CCC([C@H](O)c2cccnc2)CC1. The molecule has 0 bridgehead atoms. The van der Waals surface area contributed by atoms with Crippen LogP contribution in [-0.2, 0) is 11.3 Å². The first-order chi connectivity index (χ1) is 17.2. The van der Waals surface area contributed by atoms with E-state index in [0.29, 0.717) is 26.1 Å². The van der Waals surface area contributed by atoms with E-state index in [1.54, 1.807) is 12.4 Å². The summed E-state index contributed by atoms with van der Waals surface area (Å²) in [5, 5.41) is 10.7. The smallest absolute Gasteiger partial charge is 0.223 e. The first kappa shape index (κ1) is 23.5. The van der Waals surface area contributed by atoms with Crippen molar-refractivity contribution in [3.8, 4) is 5.75 Å². The molecule has 35 heavy (non-hydrogen) atoms. The van der Waals surface area contributed by atoms with Crippen LogP contribution in [0.1, 0.15) is 48.2 Å². The number of hydrogen-bond donors (Lipinski definition) is 1. The Morgan fingerprint density at radius 2 is 1.80 bits per heavy atom. The Labute approximate surface area is 207 Å². The summed E-state index contributed by atoms with van der Waals surface area (Å²) >= 11 is 0. The van der Waals surface area contributed by atoms with E-state index in [1.807, 2.05) is 53.4 Å². The first-order valence-electron chi connectivity index (χ1n) is 12.5. The highest BCUT2D eigenvalue weighted by Crippen LogP contribution is 2.32. The van der Waals surface area contributed by atoms with Gasteiger partial charge in [0.1, 0.15) is 11.9 Å². The molecule has 0 saturated carbocycles. The number of amides is 1. The zero-order valence-corrected chi connectivity index (χ0v) is 20.0. The van der Waals surface area contributed by atoms with E-state index in [4.69, 9.17) is 4.74 Å². The standard InChI is InChI=1S/C29H33N3O3/c33-28(32-17-12-23(13-18-32)29(34)24-10-6-15-30-19-24)14-16-31-20-25-9-4-5-11-26(25)35-27(21-31)22-7-2-1-3-8-22/h1-11,15,19,23,27,29,34H,12-14,16-18,20-21H2/t27-,29-/m0/s1. The number of fused-ring (bicyclic) bond motifs is 1. The number of aliphatic hydroxyl groups excluding tert-OH is 1. The van der Waals surface area contributed by atoms with Crippen molar-refractivity contribution in [2.75, 3.05) is 26.2 Å². The molecule has 2 aliphatic rings. The Balaban J connectivity index is 1.18. The van der Waals surface area contributed by atoms with Crippen molar-refractivity contribution >= 4 is 5.91 Å². The maximum Gasteiger partial charge on any atom is 0.223 e. The van der Waals surface area contributed by atoms with Gasteiger partial charge in [0, 0.05) is 57.1 Å². The summed E-state index contributed by atoms with van der Waals surface area (Å²) in [6.45, 7) is 3.59. The van der Waals surface area contributed by atoms with Crippen molar-refractivity contribution in [1.29, 1.82) is 0 Å². The molecule has 1 amide bonds. The average molecular weight is 472 g/mol. The quantitative estimate of drug-likeness (QED) is 0.578. The van der Waals surface area contributed by atoms with Gasteiger partial charge in [-0.3, -0.25) is 14.7 Å². The fourth-order valence-electron chi connectivity index (χ4n) is 5.19. The number of pyridine rings is 1. The number of benzene rings is 2. The summed E-state index contributed by atoms with van der Waals surface area (Å²) < 4.78 is 6.40. The van der Waals surface area contributed by atoms with Gasteiger partial charge >= 0.3 is 0 Å². The molecule has 1 fully saturated rings. The minimum Gasteiger partial charge on any atom is -0.484 e. The lowest BCUT2D eigenvalue weighted by Crippen LogP contribution is -2.41. The minimum absolute atomic E-state index is 0.0698. The second kappa shape index (κ2) is 11.0. The van der Waals surface area contributed by atoms with Gasteiger partial charge in [-0.25, -0.2) is 0 Å². The number of rotatable bonds is 6. The van der Waals surface area contributed by atoms with E-state index in [2.05, 4.69) is 28.1 Å². The number of nitrogens with zero attached hydrogens (tertiary/aromatic N) is 3. The monoisotopic (exact) mass is 471 g/mol. The summed E-state index contributed by atoms with van der Waals surface area (Å²) in [7, 11) is 0. The van der Waals surface area contributed by atoms with Crippen molar-refractivity contribution in [2.45, 2.75) is 38.0 Å². The molecule has 2 aromatic carbocycles. The van der Waals surface area contributed by atoms with Crippen molar-refractivity contribution in [3.63, 3.8) is 0 Å². The second-order valence-corrected chi connectivity index (χ2v) is 9.56. The zero-order valence-electron chi connectivity index (χ0n) is 20.0. The number of piperidine rings is 1. The van der Waals surface area contributed by atoms with Crippen LogP contribution >= 0.6 is 0 Å². The molecule has 0 aliphatic carbocycles. The number of hydrogen-bond acceptors (Lipinski definition) is 5. The molecule has 3 aromatic rings. The summed E-state index contributed by atoms with van der Waals surface area (Å²) in [5.41, 5.74) is 3.16. The Morgan fingerprint density at radius 3 is 2.57 bits per heavy atom. The predicted octanol–water partition coefficient (Wildman–Crippen LogP) is 4.38. The molecule has 5 rings (SSSR count). The number of aromatic nitrogens is 1. The summed E-state index contributed by atoms with van der Waals surface area (Å²) in [6, 6.07) is 22.3. The molecule has 0 radical (unpaired) electrons. The predicted molar refractivity (Wildman–Crippen MR) is 135 cm³/mol. The third-order valence-electron chi connectivity index (χ3n) is 7.24. The van der Waals surface area contributed by atoms with Crippen molar-refractivity contribution in [2.24, 2.45) is 5.92 Å². The maximum atomic E-state index is 13.1. The zero-order chi connectivity index (χ0) is 24.0. The third kappa shape index (κ3) is 5.72. The molecule has 6 heteroatoms. The fourth-order valence-corrected chi connectivity index (χ4v) is 5.19. The van der Waals surface area contributed by atoms with Crippen LogP contribution in [0.15, 0.2) is 79.1 Å². The molecule has 182 valence electrons. The lowest BCUT2D eigenvalue weighted by atomic mass is 9.88. The molecule has 2 aliphatic heterocycles. The van der Waals surface area contributed by atoms with Gasteiger partial charge in [-0.15, -0.1) is 0 Å². The van der Waals surface area contributed by atoms with Crippen LogP contribution in [0, 0.1) is 5.92 Å². The molecule has 0 spiro atoms. The summed E-state index contributed by atoms with van der Waals surface area (Å²) in [4.78, 5) is 21.5. The van der Waals surface area contributed by atoms with E-state index in [-0.39, 0.29) is 17.9 Å². The van der Waals surface area contributed by atoms with Gasteiger partial charge in [0.05, 0.1) is 6.10 Å². The Bertz CT molecular complexity index is 1100. The van der Waals surface area contributed by atoms with Crippen LogP contribution in [0.25, 0.3) is 0 Å². The van der Waals surface area contributed by atoms with Crippen LogP contribution in [-0.4, -0.2) is 52.0 Å². The molecule has 3 heterocycles. The number of likely N-dealkylation sites (tertiary alicyclic amines) is 1. The van der Waals surface area contributed by atoms with Crippen LogP contribution < -0.4 is 4.74 Å². The molecule has 1 saturated heterocycles. The van der Waals surface area contributed by atoms with E-state index in [1.165, 1.54) is 0 Å².